The second-order valence-electron chi connectivity index (χ2n) is 5.17. The summed E-state index contributed by atoms with van der Waals surface area (Å²) >= 11 is 0. The lowest BCUT2D eigenvalue weighted by Gasteiger charge is -2.14. The average Bonchev–Trinajstić information content (AvgIpc) is 2.94. The fraction of sp³-hybridized carbons (Fsp3) is 0.118. The van der Waals surface area contributed by atoms with Crippen LogP contribution in [0.1, 0.15) is 11.1 Å². The van der Waals surface area contributed by atoms with Gasteiger partial charge in [0.05, 0.1) is 5.56 Å². The molecule has 2 N–H and O–H groups in total. The lowest BCUT2D eigenvalue weighted by molar-refractivity contribution is -0.137. The zero-order valence-corrected chi connectivity index (χ0v) is 12.1. The van der Waals surface area contributed by atoms with Gasteiger partial charge < -0.3 is 10.3 Å². The number of nitrogens with zero attached hydrogens (tertiary/aromatic N) is 2. The molecular formula is C17H14F3N3. The molecule has 0 aliphatic carbocycles. The molecule has 3 nitrogen and oxygen atoms in total. The van der Waals surface area contributed by atoms with Crippen LogP contribution < -0.4 is 5.73 Å². The molecule has 0 saturated heterocycles. The van der Waals surface area contributed by atoms with Gasteiger partial charge in [-0.15, -0.1) is 0 Å². The van der Waals surface area contributed by atoms with Gasteiger partial charge in [-0.2, -0.15) is 13.2 Å². The maximum Gasteiger partial charge on any atom is 0.417 e. The van der Waals surface area contributed by atoms with E-state index in [2.05, 4.69) is 4.98 Å². The number of nitrogen functional groups attached to an aromatic ring is 1. The molecule has 3 rings (SSSR count). The second-order valence-corrected chi connectivity index (χ2v) is 5.17. The Labute approximate surface area is 131 Å². The van der Waals surface area contributed by atoms with E-state index in [4.69, 9.17) is 5.73 Å². The van der Waals surface area contributed by atoms with Gasteiger partial charge in [0.25, 0.3) is 0 Å². The number of imidazole rings is 1. The van der Waals surface area contributed by atoms with Crippen LogP contribution in [-0.4, -0.2) is 9.55 Å². The monoisotopic (exact) mass is 317 g/mol. The molecule has 0 atom stereocenters. The fourth-order valence-corrected chi connectivity index (χ4v) is 2.49. The zero-order valence-electron chi connectivity index (χ0n) is 12.1. The predicted molar refractivity (Wildman–Crippen MR) is 82.6 cm³/mol. The third kappa shape index (κ3) is 3.21. The molecule has 0 unspecified atom stereocenters. The van der Waals surface area contributed by atoms with E-state index in [-0.39, 0.29) is 11.4 Å². The Morgan fingerprint density at radius 3 is 2.57 bits per heavy atom. The molecule has 6 heteroatoms. The van der Waals surface area contributed by atoms with Gasteiger partial charge in [-0.25, -0.2) is 4.98 Å². The molecule has 0 aliphatic rings. The van der Waals surface area contributed by atoms with Gasteiger partial charge >= 0.3 is 6.18 Å². The molecule has 0 aliphatic heterocycles. The van der Waals surface area contributed by atoms with Gasteiger partial charge in [-0.1, -0.05) is 30.3 Å². The number of halogens is 3. The molecule has 118 valence electrons. The molecule has 0 saturated carbocycles. The number of rotatable bonds is 3. The molecule has 0 radical (unpaired) electrons. The summed E-state index contributed by atoms with van der Waals surface area (Å²) in [5, 5.41) is 0. The minimum Gasteiger partial charge on any atom is -0.399 e. The number of anilines is 1. The van der Waals surface area contributed by atoms with E-state index < -0.39 is 11.7 Å². The van der Waals surface area contributed by atoms with Crippen molar-refractivity contribution in [3.63, 3.8) is 0 Å². The molecule has 0 amide bonds. The van der Waals surface area contributed by atoms with Crippen LogP contribution in [0.5, 0.6) is 0 Å². The number of nitrogens with two attached hydrogens (primary N) is 1. The van der Waals surface area contributed by atoms with E-state index in [0.29, 0.717) is 12.2 Å². The second kappa shape index (κ2) is 5.79. The van der Waals surface area contributed by atoms with Crippen LogP contribution in [0, 0.1) is 0 Å². The molecule has 1 heterocycles. The van der Waals surface area contributed by atoms with Crippen LogP contribution in [0.4, 0.5) is 18.9 Å². The summed E-state index contributed by atoms with van der Waals surface area (Å²) in [6, 6.07) is 12.7. The van der Waals surface area contributed by atoms with E-state index >= 15 is 0 Å². The summed E-state index contributed by atoms with van der Waals surface area (Å²) in [6.45, 7) is 0.395. The minimum atomic E-state index is -4.43. The first-order valence-electron chi connectivity index (χ1n) is 6.97. The van der Waals surface area contributed by atoms with Crippen molar-refractivity contribution in [2.24, 2.45) is 0 Å². The van der Waals surface area contributed by atoms with E-state index in [1.807, 2.05) is 12.1 Å². The molecule has 2 aromatic carbocycles. The fourth-order valence-electron chi connectivity index (χ4n) is 2.49. The Balaban J connectivity index is 2.02. The highest BCUT2D eigenvalue weighted by Gasteiger charge is 2.34. The first kappa shape index (κ1) is 15.1. The van der Waals surface area contributed by atoms with E-state index in [9.17, 15) is 13.2 Å². The van der Waals surface area contributed by atoms with Gasteiger partial charge in [-0.3, -0.25) is 0 Å². The maximum absolute atomic E-state index is 13.2. The highest BCUT2D eigenvalue weighted by atomic mass is 19.4. The molecule has 23 heavy (non-hydrogen) atoms. The summed E-state index contributed by atoms with van der Waals surface area (Å²) in [7, 11) is 0. The van der Waals surface area contributed by atoms with Crippen molar-refractivity contribution in [1.82, 2.24) is 9.55 Å². The Bertz CT molecular complexity index is 822. The molecule has 0 spiro atoms. The third-order valence-corrected chi connectivity index (χ3v) is 3.49. The first-order valence-corrected chi connectivity index (χ1v) is 6.97. The number of benzene rings is 2. The topological polar surface area (TPSA) is 43.8 Å². The molecule has 1 aromatic heterocycles. The Kier molecular flexibility index (Phi) is 3.82. The highest BCUT2D eigenvalue weighted by molar-refractivity contribution is 5.62. The molecule has 0 bridgehead atoms. The number of hydrogen-bond acceptors (Lipinski definition) is 2. The number of aromatic nitrogens is 2. The van der Waals surface area contributed by atoms with Gasteiger partial charge in [-0.05, 0) is 23.8 Å². The van der Waals surface area contributed by atoms with Crippen molar-refractivity contribution < 1.29 is 13.2 Å². The smallest absolute Gasteiger partial charge is 0.399 e. The Morgan fingerprint density at radius 2 is 1.83 bits per heavy atom. The summed E-state index contributed by atoms with van der Waals surface area (Å²) in [4.78, 5) is 4.11. The molecule has 3 aromatic rings. The lowest BCUT2D eigenvalue weighted by Crippen LogP contribution is -2.09. The maximum atomic E-state index is 13.2. The van der Waals surface area contributed by atoms with Crippen molar-refractivity contribution in [3.8, 4) is 11.4 Å². The van der Waals surface area contributed by atoms with Gasteiger partial charge in [0.1, 0.15) is 5.82 Å². The predicted octanol–water partition coefficient (Wildman–Crippen LogP) is 4.20. The van der Waals surface area contributed by atoms with Crippen LogP contribution in [0.15, 0.2) is 60.9 Å². The van der Waals surface area contributed by atoms with Crippen LogP contribution in [-0.2, 0) is 12.7 Å². The van der Waals surface area contributed by atoms with Crippen molar-refractivity contribution in [1.29, 1.82) is 0 Å². The molecular weight excluding hydrogens is 303 g/mol. The normalized spacial score (nSPS) is 11.6. The van der Waals surface area contributed by atoms with E-state index in [0.717, 1.165) is 11.6 Å². The van der Waals surface area contributed by atoms with Crippen LogP contribution in [0.25, 0.3) is 11.4 Å². The largest absolute Gasteiger partial charge is 0.417 e. The van der Waals surface area contributed by atoms with Gasteiger partial charge in [0.2, 0.25) is 0 Å². The van der Waals surface area contributed by atoms with Crippen molar-refractivity contribution in [2.45, 2.75) is 12.7 Å². The van der Waals surface area contributed by atoms with E-state index in [1.54, 1.807) is 29.0 Å². The minimum absolute atomic E-state index is 0.0638. The van der Waals surface area contributed by atoms with Crippen molar-refractivity contribution >= 4 is 5.69 Å². The lowest BCUT2D eigenvalue weighted by atomic mass is 10.1. The summed E-state index contributed by atoms with van der Waals surface area (Å²) in [5.74, 6) is 0.278. The van der Waals surface area contributed by atoms with Crippen LogP contribution in [0.2, 0.25) is 0 Å². The van der Waals surface area contributed by atoms with Crippen molar-refractivity contribution in [3.05, 3.63) is 72.1 Å². The van der Waals surface area contributed by atoms with Crippen LogP contribution in [0.3, 0.4) is 0 Å². The third-order valence-electron chi connectivity index (χ3n) is 3.49. The molecule has 0 fully saturated rings. The summed E-state index contributed by atoms with van der Waals surface area (Å²) in [5.41, 5.74) is 6.62. The van der Waals surface area contributed by atoms with Gasteiger partial charge in [0.15, 0.2) is 0 Å². The summed E-state index contributed by atoms with van der Waals surface area (Å²) in [6.07, 6.45) is -1.27. The summed E-state index contributed by atoms with van der Waals surface area (Å²) < 4.78 is 41.3. The Morgan fingerprint density at radius 1 is 1.04 bits per heavy atom. The average molecular weight is 317 g/mol. The quantitative estimate of drug-likeness (QED) is 0.736. The number of alkyl halides is 3. The Hall–Kier alpha value is -2.76. The SMILES string of the molecule is Nc1cccc(Cn2ccnc2-c2ccccc2C(F)(F)F)c1. The van der Waals surface area contributed by atoms with Crippen LogP contribution >= 0.6 is 0 Å². The zero-order chi connectivity index (χ0) is 16.4. The number of hydrogen-bond donors (Lipinski definition) is 1. The van der Waals surface area contributed by atoms with E-state index in [1.165, 1.54) is 18.3 Å². The van der Waals surface area contributed by atoms with Crippen molar-refractivity contribution in [2.75, 3.05) is 5.73 Å². The highest BCUT2D eigenvalue weighted by Crippen LogP contribution is 2.36. The standard InChI is InChI=1S/C17H14F3N3/c18-17(19,20)15-7-2-1-6-14(15)16-22-8-9-23(16)11-12-4-3-5-13(21)10-12/h1-10H,11,21H2. The first-order chi connectivity index (χ1) is 10.9. The van der Waals surface area contributed by atoms with Gasteiger partial charge in [0, 0.05) is 30.2 Å².